The summed E-state index contributed by atoms with van der Waals surface area (Å²) in [7, 11) is 5.08. The monoisotopic (exact) mass is 419 g/mol. The molecular formula is C19H41N5O5. The normalized spacial score (nSPS) is 28.0. The Labute approximate surface area is 175 Å². The minimum absolute atomic E-state index is 0.269. The fourth-order valence-corrected chi connectivity index (χ4v) is 3.45. The summed E-state index contributed by atoms with van der Waals surface area (Å²) >= 11 is 0. The standard InChI is InChI=1S/C19H41N5O5/c1-5-8-23(2)11-12-24(9-6-20)10-7-21-14-22-16-17(26)18(27-3)15(13-25)29-19(16)28-4/h14-19,25-26H,5-13,20H2,1-4H3,(H,21,22). The van der Waals surface area contributed by atoms with E-state index in [0.717, 1.165) is 39.1 Å². The van der Waals surface area contributed by atoms with E-state index in [-0.39, 0.29) is 6.61 Å². The van der Waals surface area contributed by atoms with E-state index in [4.69, 9.17) is 19.9 Å². The first-order valence-corrected chi connectivity index (χ1v) is 10.4. The van der Waals surface area contributed by atoms with E-state index in [0.29, 0.717) is 13.1 Å². The van der Waals surface area contributed by atoms with Crippen LogP contribution in [0.25, 0.3) is 0 Å². The summed E-state index contributed by atoms with van der Waals surface area (Å²) in [5.74, 6) is 0. The molecule has 0 aromatic heterocycles. The maximum absolute atomic E-state index is 10.5. The Morgan fingerprint density at radius 3 is 2.52 bits per heavy atom. The molecule has 5 atom stereocenters. The lowest BCUT2D eigenvalue weighted by Gasteiger charge is -2.41. The molecule has 0 aromatic rings. The molecule has 172 valence electrons. The zero-order valence-corrected chi connectivity index (χ0v) is 18.4. The largest absolute Gasteiger partial charge is 0.394 e. The van der Waals surface area contributed by atoms with Crippen LogP contribution < -0.4 is 11.1 Å². The van der Waals surface area contributed by atoms with Crippen LogP contribution in [0.1, 0.15) is 13.3 Å². The van der Waals surface area contributed by atoms with Crippen molar-refractivity contribution in [1.82, 2.24) is 15.1 Å². The number of hydrogen-bond acceptors (Lipinski definition) is 9. The smallest absolute Gasteiger partial charge is 0.182 e. The van der Waals surface area contributed by atoms with Crippen LogP contribution in [0.5, 0.6) is 0 Å². The molecule has 5 N–H and O–H groups in total. The molecule has 0 amide bonds. The Balaban J connectivity index is 2.49. The van der Waals surface area contributed by atoms with Gasteiger partial charge in [0, 0.05) is 53.5 Å². The predicted octanol–water partition coefficient (Wildman–Crippen LogP) is -1.69. The molecule has 1 aliphatic rings. The molecule has 10 heteroatoms. The third-order valence-electron chi connectivity index (χ3n) is 5.08. The van der Waals surface area contributed by atoms with Gasteiger partial charge in [-0.05, 0) is 20.0 Å². The molecule has 29 heavy (non-hydrogen) atoms. The fourth-order valence-electron chi connectivity index (χ4n) is 3.45. The van der Waals surface area contributed by atoms with E-state index < -0.39 is 30.6 Å². The summed E-state index contributed by atoms with van der Waals surface area (Å²) in [6, 6.07) is -0.650. The van der Waals surface area contributed by atoms with Crippen molar-refractivity contribution in [2.45, 2.75) is 44.0 Å². The number of aliphatic hydroxyl groups is 2. The van der Waals surface area contributed by atoms with Crippen molar-refractivity contribution < 1.29 is 24.4 Å². The highest BCUT2D eigenvalue weighted by atomic mass is 16.7. The summed E-state index contributed by atoms with van der Waals surface area (Å²) < 4.78 is 16.2. The topological polar surface area (TPSA) is 125 Å². The molecule has 0 spiro atoms. The molecule has 1 rings (SSSR count). The molecule has 1 heterocycles. The van der Waals surface area contributed by atoms with Gasteiger partial charge < -0.3 is 40.4 Å². The Hall–Kier alpha value is -0.850. The van der Waals surface area contributed by atoms with Crippen LogP contribution in [-0.4, -0.2) is 131 Å². The molecule has 0 bridgehead atoms. The Morgan fingerprint density at radius 1 is 1.17 bits per heavy atom. The van der Waals surface area contributed by atoms with E-state index in [1.54, 1.807) is 6.34 Å². The number of nitrogens with two attached hydrogens (primary N) is 1. The van der Waals surface area contributed by atoms with Gasteiger partial charge in [0.1, 0.15) is 24.4 Å². The minimum Gasteiger partial charge on any atom is -0.394 e. The van der Waals surface area contributed by atoms with Gasteiger partial charge in [0.25, 0.3) is 0 Å². The molecule has 0 aliphatic carbocycles. The summed E-state index contributed by atoms with van der Waals surface area (Å²) in [5.41, 5.74) is 5.73. The van der Waals surface area contributed by atoms with Crippen molar-refractivity contribution in [1.29, 1.82) is 0 Å². The fraction of sp³-hybridized carbons (Fsp3) is 0.947. The first kappa shape index (κ1) is 26.2. The van der Waals surface area contributed by atoms with Crippen molar-refractivity contribution in [2.75, 3.05) is 73.7 Å². The molecule has 1 fully saturated rings. The summed E-state index contributed by atoms with van der Waals surface area (Å²) in [4.78, 5) is 9.01. The third kappa shape index (κ3) is 8.81. The lowest BCUT2D eigenvalue weighted by molar-refractivity contribution is -0.262. The molecule has 1 saturated heterocycles. The van der Waals surface area contributed by atoms with Crippen LogP contribution in [0.3, 0.4) is 0 Å². The van der Waals surface area contributed by atoms with Crippen molar-refractivity contribution >= 4 is 6.34 Å². The number of aliphatic hydroxyl groups excluding tert-OH is 2. The second-order valence-electron chi connectivity index (χ2n) is 7.31. The molecule has 0 saturated carbocycles. The highest BCUT2D eigenvalue weighted by molar-refractivity contribution is 5.54. The van der Waals surface area contributed by atoms with Gasteiger partial charge in [-0.2, -0.15) is 0 Å². The first-order chi connectivity index (χ1) is 14.0. The quantitative estimate of drug-likeness (QED) is 0.140. The van der Waals surface area contributed by atoms with Crippen LogP contribution in [0, 0.1) is 0 Å². The van der Waals surface area contributed by atoms with Crippen LogP contribution >= 0.6 is 0 Å². The van der Waals surface area contributed by atoms with Gasteiger partial charge in [0.2, 0.25) is 0 Å². The van der Waals surface area contributed by atoms with E-state index in [1.165, 1.54) is 14.2 Å². The van der Waals surface area contributed by atoms with Crippen molar-refractivity contribution in [3.63, 3.8) is 0 Å². The van der Waals surface area contributed by atoms with Crippen molar-refractivity contribution in [2.24, 2.45) is 10.7 Å². The summed E-state index contributed by atoms with van der Waals surface area (Å²) in [5, 5.41) is 23.1. The number of hydrogen-bond donors (Lipinski definition) is 4. The molecule has 5 unspecified atom stereocenters. The lowest BCUT2D eigenvalue weighted by atomic mass is 9.97. The number of methoxy groups -OCH3 is 2. The predicted molar refractivity (Wildman–Crippen MR) is 113 cm³/mol. The third-order valence-corrected chi connectivity index (χ3v) is 5.08. The van der Waals surface area contributed by atoms with Crippen LogP contribution in [-0.2, 0) is 14.2 Å². The zero-order chi connectivity index (χ0) is 21.6. The second-order valence-corrected chi connectivity index (χ2v) is 7.31. The van der Waals surface area contributed by atoms with Gasteiger partial charge >= 0.3 is 0 Å². The molecule has 1 aliphatic heterocycles. The Morgan fingerprint density at radius 2 is 1.93 bits per heavy atom. The highest BCUT2D eigenvalue weighted by Crippen LogP contribution is 2.25. The number of nitrogens with one attached hydrogen (secondary N) is 1. The molecule has 0 radical (unpaired) electrons. The van der Waals surface area contributed by atoms with E-state index in [9.17, 15) is 10.2 Å². The van der Waals surface area contributed by atoms with E-state index >= 15 is 0 Å². The average molecular weight is 420 g/mol. The van der Waals surface area contributed by atoms with Crippen molar-refractivity contribution in [3.8, 4) is 0 Å². The summed E-state index contributed by atoms with van der Waals surface area (Å²) in [6.45, 7) is 7.98. The number of nitrogens with zero attached hydrogens (tertiary/aromatic N) is 3. The van der Waals surface area contributed by atoms with Crippen LogP contribution in [0.4, 0.5) is 0 Å². The Kier molecular flexibility index (Phi) is 13.6. The van der Waals surface area contributed by atoms with E-state index in [2.05, 4.69) is 34.1 Å². The number of rotatable bonds is 15. The molecule has 10 nitrogen and oxygen atoms in total. The van der Waals surface area contributed by atoms with Crippen LogP contribution in [0.2, 0.25) is 0 Å². The van der Waals surface area contributed by atoms with Gasteiger partial charge in [-0.25, -0.2) is 0 Å². The van der Waals surface area contributed by atoms with Gasteiger partial charge in [-0.1, -0.05) is 6.92 Å². The zero-order valence-electron chi connectivity index (χ0n) is 18.4. The number of likely N-dealkylation sites (N-methyl/N-ethyl adjacent to an activating group) is 1. The van der Waals surface area contributed by atoms with Crippen molar-refractivity contribution in [3.05, 3.63) is 0 Å². The average Bonchev–Trinajstić information content (AvgIpc) is 2.72. The summed E-state index contributed by atoms with van der Waals surface area (Å²) in [6.07, 6.45) is -0.318. The SMILES string of the molecule is CCCN(C)CCN(CCN)CCNC=NC1C(OC)OC(CO)C(OC)C1O. The number of aliphatic imine (C=N–C) groups is 1. The maximum atomic E-state index is 10.5. The number of ether oxygens (including phenoxy) is 3. The highest BCUT2D eigenvalue weighted by Gasteiger charge is 2.45. The van der Waals surface area contributed by atoms with Gasteiger partial charge in [0.05, 0.1) is 12.9 Å². The first-order valence-electron chi connectivity index (χ1n) is 10.4. The molecular weight excluding hydrogens is 378 g/mol. The van der Waals surface area contributed by atoms with Gasteiger partial charge in [-0.15, -0.1) is 0 Å². The van der Waals surface area contributed by atoms with E-state index in [1.807, 2.05) is 0 Å². The second kappa shape index (κ2) is 15.0. The van der Waals surface area contributed by atoms with Gasteiger partial charge in [0.15, 0.2) is 6.29 Å². The van der Waals surface area contributed by atoms with Gasteiger partial charge in [-0.3, -0.25) is 9.89 Å². The minimum atomic E-state index is -0.947. The lowest BCUT2D eigenvalue weighted by Crippen LogP contribution is -2.59. The Bertz CT molecular complexity index is 445. The molecule has 0 aromatic carbocycles. The van der Waals surface area contributed by atoms with Crippen LogP contribution in [0.15, 0.2) is 4.99 Å². The maximum Gasteiger partial charge on any atom is 0.182 e.